The molecule has 0 saturated carbocycles. The maximum atomic E-state index is 13.7. The van der Waals surface area contributed by atoms with Crippen LogP contribution in [0.15, 0.2) is 78.9 Å². The summed E-state index contributed by atoms with van der Waals surface area (Å²) in [6, 6.07) is 27.4. The van der Waals surface area contributed by atoms with Gasteiger partial charge in [0.25, 0.3) is 5.91 Å². The van der Waals surface area contributed by atoms with Crippen molar-refractivity contribution in [2.24, 2.45) is 0 Å². The van der Waals surface area contributed by atoms with Gasteiger partial charge in [0.2, 0.25) is 0 Å². The lowest BCUT2D eigenvalue weighted by Gasteiger charge is -2.44. The van der Waals surface area contributed by atoms with E-state index in [1.54, 1.807) is 0 Å². The molecule has 3 nitrogen and oxygen atoms in total. The van der Waals surface area contributed by atoms with Gasteiger partial charge in [-0.3, -0.25) is 4.79 Å². The Morgan fingerprint density at radius 1 is 0.938 bits per heavy atom. The van der Waals surface area contributed by atoms with Crippen LogP contribution in [-0.2, 0) is 5.41 Å². The van der Waals surface area contributed by atoms with Crippen LogP contribution in [0.3, 0.4) is 0 Å². The van der Waals surface area contributed by atoms with E-state index in [1.807, 2.05) is 23.1 Å². The normalized spacial score (nSPS) is 18.2. The van der Waals surface area contributed by atoms with Crippen LogP contribution in [0, 0.1) is 0 Å². The summed E-state index contributed by atoms with van der Waals surface area (Å²) in [6.07, 6.45) is 0.894. The monoisotopic (exact) mass is 426 g/mol. The van der Waals surface area contributed by atoms with Crippen molar-refractivity contribution in [3.8, 4) is 0 Å². The first-order chi connectivity index (χ1) is 15.3. The maximum Gasteiger partial charge on any atom is 0.258 e. The smallest absolute Gasteiger partial charge is 0.258 e. The van der Waals surface area contributed by atoms with Crippen molar-refractivity contribution in [3.05, 3.63) is 95.6 Å². The molecule has 0 aliphatic carbocycles. The van der Waals surface area contributed by atoms with E-state index < -0.39 is 0 Å². The summed E-state index contributed by atoms with van der Waals surface area (Å²) < 4.78 is 0. The Balaban J connectivity index is 1.70. The summed E-state index contributed by atoms with van der Waals surface area (Å²) in [5.74, 6) is 0.0756. The van der Waals surface area contributed by atoms with Crippen LogP contribution in [0.5, 0.6) is 0 Å². The molecule has 1 aliphatic rings. The Morgan fingerprint density at radius 2 is 1.56 bits per heavy atom. The van der Waals surface area contributed by atoms with Gasteiger partial charge in [-0.1, -0.05) is 69.3 Å². The number of para-hydroxylation sites is 2. The second-order valence-corrected chi connectivity index (χ2v) is 9.78. The molecule has 4 rings (SSSR count). The van der Waals surface area contributed by atoms with Gasteiger partial charge in [0.15, 0.2) is 0 Å². The van der Waals surface area contributed by atoms with E-state index in [2.05, 4.69) is 100 Å². The number of nitrogens with zero attached hydrogens (tertiary/aromatic N) is 2. The van der Waals surface area contributed by atoms with E-state index in [0.29, 0.717) is 0 Å². The van der Waals surface area contributed by atoms with Crippen LogP contribution in [0.25, 0.3) is 0 Å². The Kier molecular flexibility index (Phi) is 6.10. The first-order valence-corrected chi connectivity index (χ1v) is 11.7. The molecule has 1 aliphatic heterocycles. The quantitative estimate of drug-likeness (QED) is 0.449. The van der Waals surface area contributed by atoms with E-state index in [-0.39, 0.29) is 23.4 Å². The average Bonchev–Trinajstić information content (AvgIpc) is 2.79. The van der Waals surface area contributed by atoms with Crippen LogP contribution in [-0.4, -0.2) is 18.5 Å². The number of amides is 1. The number of benzene rings is 3. The Morgan fingerprint density at radius 3 is 2.19 bits per heavy atom. The first-order valence-electron chi connectivity index (χ1n) is 11.7. The van der Waals surface area contributed by atoms with Gasteiger partial charge in [-0.25, -0.2) is 0 Å². The molecule has 32 heavy (non-hydrogen) atoms. The van der Waals surface area contributed by atoms with Crippen molar-refractivity contribution in [2.75, 3.05) is 16.3 Å². The molecule has 0 bridgehead atoms. The molecule has 0 spiro atoms. The first kappa shape index (κ1) is 22.1. The third-order valence-electron chi connectivity index (χ3n) is 6.58. The molecule has 0 radical (unpaired) electrons. The van der Waals surface area contributed by atoms with Crippen molar-refractivity contribution in [1.82, 2.24) is 0 Å². The SMILES string of the molecule is CCN(c1ccccc1)C1CC(C)N(C(=O)c2ccc(C(C)(C)C)cc2)c2ccccc21. The molecular weight excluding hydrogens is 392 g/mol. The van der Waals surface area contributed by atoms with Gasteiger partial charge in [0.1, 0.15) is 0 Å². The van der Waals surface area contributed by atoms with E-state index in [4.69, 9.17) is 0 Å². The summed E-state index contributed by atoms with van der Waals surface area (Å²) in [7, 11) is 0. The molecule has 0 N–H and O–H groups in total. The lowest BCUT2D eigenvalue weighted by atomic mass is 9.86. The summed E-state index contributed by atoms with van der Waals surface area (Å²) in [5.41, 5.74) is 5.52. The largest absolute Gasteiger partial charge is 0.365 e. The van der Waals surface area contributed by atoms with Crippen molar-refractivity contribution < 1.29 is 4.79 Å². The Labute approximate surface area is 192 Å². The van der Waals surface area contributed by atoms with Gasteiger partial charge < -0.3 is 9.80 Å². The lowest BCUT2D eigenvalue weighted by Crippen LogP contribution is -2.46. The van der Waals surface area contributed by atoms with Crippen LogP contribution in [0.4, 0.5) is 11.4 Å². The number of fused-ring (bicyclic) bond motifs is 1. The second-order valence-electron chi connectivity index (χ2n) is 9.78. The number of carbonyl (C=O) groups is 1. The third-order valence-corrected chi connectivity index (χ3v) is 6.58. The van der Waals surface area contributed by atoms with Crippen molar-refractivity contribution >= 4 is 17.3 Å². The zero-order valence-electron chi connectivity index (χ0n) is 19.9. The van der Waals surface area contributed by atoms with E-state index in [1.165, 1.54) is 16.8 Å². The van der Waals surface area contributed by atoms with Gasteiger partial charge in [0.05, 0.1) is 6.04 Å². The fraction of sp³-hybridized carbons (Fsp3) is 0.345. The summed E-state index contributed by atoms with van der Waals surface area (Å²) in [6.45, 7) is 11.9. The fourth-order valence-corrected chi connectivity index (χ4v) is 4.84. The fourth-order valence-electron chi connectivity index (χ4n) is 4.84. The highest BCUT2D eigenvalue weighted by molar-refractivity contribution is 6.07. The number of hydrogen-bond donors (Lipinski definition) is 0. The third kappa shape index (κ3) is 4.17. The van der Waals surface area contributed by atoms with Crippen LogP contribution in [0.2, 0.25) is 0 Å². The van der Waals surface area contributed by atoms with Crippen LogP contribution < -0.4 is 9.80 Å². The van der Waals surface area contributed by atoms with Gasteiger partial charge in [-0.15, -0.1) is 0 Å². The summed E-state index contributed by atoms with van der Waals surface area (Å²) in [4.78, 5) is 18.1. The van der Waals surface area contributed by atoms with E-state index in [0.717, 1.165) is 24.2 Å². The highest BCUT2D eigenvalue weighted by Crippen LogP contribution is 2.42. The van der Waals surface area contributed by atoms with Gasteiger partial charge in [-0.2, -0.15) is 0 Å². The predicted molar refractivity (Wildman–Crippen MR) is 135 cm³/mol. The molecule has 0 aromatic heterocycles. The minimum Gasteiger partial charge on any atom is -0.365 e. The molecule has 2 unspecified atom stereocenters. The minimum absolute atomic E-state index is 0.0703. The highest BCUT2D eigenvalue weighted by Gasteiger charge is 2.36. The highest BCUT2D eigenvalue weighted by atomic mass is 16.2. The molecular formula is C29H34N2O. The number of carbonyl (C=O) groups excluding carboxylic acids is 1. The maximum absolute atomic E-state index is 13.7. The Bertz CT molecular complexity index is 1070. The van der Waals surface area contributed by atoms with E-state index >= 15 is 0 Å². The predicted octanol–water partition coefficient (Wildman–Crippen LogP) is 6.99. The number of hydrogen-bond acceptors (Lipinski definition) is 2. The van der Waals surface area contributed by atoms with Crippen molar-refractivity contribution in [1.29, 1.82) is 0 Å². The second kappa shape index (κ2) is 8.82. The van der Waals surface area contributed by atoms with Gasteiger partial charge in [-0.05, 0) is 67.1 Å². The van der Waals surface area contributed by atoms with Crippen LogP contribution in [0.1, 0.15) is 68.6 Å². The van der Waals surface area contributed by atoms with Crippen molar-refractivity contribution in [3.63, 3.8) is 0 Å². The van der Waals surface area contributed by atoms with Crippen molar-refractivity contribution in [2.45, 2.75) is 58.5 Å². The average molecular weight is 427 g/mol. The summed E-state index contributed by atoms with van der Waals surface area (Å²) in [5, 5.41) is 0. The topological polar surface area (TPSA) is 23.6 Å². The number of anilines is 2. The molecule has 2 atom stereocenters. The molecule has 3 aromatic carbocycles. The molecule has 166 valence electrons. The molecule has 1 amide bonds. The number of rotatable bonds is 4. The lowest BCUT2D eigenvalue weighted by molar-refractivity contribution is 0.0973. The molecule has 3 heteroatoms. The zero-order chi connectivity index (χ0) is 22.9. The standard InChI is InChI=1S/C29H34N2O/c1-6-30(24-12-8-7-9-13-24)27-20-21(2)31(26-15-11-10-14-25(26)27)28(32)22-16-18-23(19-17-22)29(3,4)5/h7-19,21,27H,6,20H2,1-5H3. The zero-order valence-corrected chi connectivity index (χ0v) is 19.9. The summed E-state index contributed by atoms with van der Waals surface area (Å²) >= 11 is 0. The molecule has 0 fully saturated rings. The van der Waals surface area contributed by atoms with Crippen LogP contribution >= 0.6 is 0 Å². The molecule has 1 heterocycles. The molecule has 0 saturated heterocycles. The molecule has 3 aromatic rings. The van der Waals surface area contributed by atoms with Gasteiger partial charge in [0, 0.05) is 29.5 Å². The van der Waals surface area contributed by atoms with E-state index in [9.17, 15) is 4.79 Å². The van der Waals surface area contributed by atoms with Gasteiger partial charge >= 0.3 is 0 Å². The Hall–Kier alpha value is -3.07. The minimum atomic E-state index is 0.0703.